The van der Waals surface area contributed by atoms with Crippen LogP contribution in [0.5, 0.6) is 0 Å². The maximum atomic E-state index is 11.4. The number of nitrogens with zero attached hydrogens (tertiary/aromatic N) is 1. The van der Waals surface area contributed by atoms with E-state index < -0.39 is 0 Å². The van der Waals surface area contributed by atoms with Crippen molar-refractivity contribution in [3.05, 3.63) is 0 Å². The maximum absolute atomic E-state index is 11.4. The lowest BCUT2D eigenvalue weighted by molar-refractivity contribution is 0.0609. The number of alkyl carbamates (subject to hydrolysis) is 1. The topological polar surface area (TPSA) is 61.8 Å². The molecule has 20 heavy (non-hydrogen) atoms. The molecule has 118 valence electrons. The van der Waals surface area contributed by atoms with Crippen LogP contribution in [0.2, 0.25) is 0 Å². The normalized spacial score (nSPS) is 25.5. The Bertz CT molecular complexity index is 297. The number of carbonyl (C=O) groups excluding carboxylic acids is 1. The zero-order valence-corrected chi connectivity index (χ0v) is 13.3. The number of nitrogens with one attached hydrogen (secondary N) is 1. The average molecular weight is 286 g/mol. The number of piperidine rings is 1. The van der Waals surface area contributed by atoms with Crippen molar-refractivity contribution in [1.82, 2.24) is 10.2 Å². The number of likely N-dealkylation sites (tertiary alicyclic amines) is 1. The van der Waals surface area contributed by atoms with Gasteiger partial charge in [0.1, 0.15) is 0 Å². The van der Waals surface area contributed by atoms with Gasteiger partial charge in [0, 0.05) is 19.1 Å². The third-order valence-electron chi connectivity index (χ3n) is 4.00. The summed E-state index contributed by atoms with van der Waals surface area (Å²) in [6.07, 6.45) is 2.19. The number of methoxy groups -OCH3 is 1. The van der Waals surface area contributed by atoms with Crippen molar-refractivity contribution in [2.75, 3.05) is 26.7 Å². The van der Waals surface area contributed by atoms with Crippen LogP contribution in [0.15, 0.2) is 0 Å². The molecule has 0 radical (unpaired) electrons. The first-order chi connectivity index (χ1) is 9.46. The summed E-state index contributed by atoms with van der Waals surface area (Å²) in [5.74, 6) is 0.707. The van der Waals surface area contributed by atoms with Crippen molar-refractivity contribution in [2.45, 2.75) is 52.2 Å². The fourth-order valence-electron chi connectivity index (χ4n) is 2.92. The van der Waals surface area contributed by atoms with Crippen LogP contribution in [0.1, 0.15) is 40.0 Å². The van der Waals surface area contributed by atoms with Gasteiger partial charge in [0.05, 0.1) is 13.2 Å². The highest BCUT2D eigenvalue weighted by atomic mass is 16.5. The molecule has 5 nitrogen and oxygen atoms in total. The Morgan fingerprint density at radius 3 is 2.70 bits per heavy atom. The molecule has 0 saturated carbocycles. The summed E-state index contributed by atoms with van der Waals surface area (Å²) in [5, 5.41) is 13.0. The second kappa shape index (κ2) is 8.47. The van der Waals surface area contributed by atoms with Crippen molar-refractivity contribution in [3.8, 4) is 0 Å². The Balaban J connectivity index is 2.57. The Morgan fingerprint density at radius 1 is 1.45 bits per heavy atom. The number of ether oxygens (including phenoxy) is 1. The van der Waals surface area contributed by atoms with Crippen molar-refractivity contribution >= 4 is 6.09 Å². The van der Waals surface area contributed by atoms with Crippen LogP contribution in [0, 0.1) is 11.8 Å². The van der Waals surface area contributed by atoms with E-state index in [2.05, 4.69) is 21.9 Å². The van der Waals surface area contributed by atoms with Crippen LogP contribution < -0.4 is 5.32 Å². The lowest BCUT2D eigenvalue weighted by Gasteiger charge is -2.38. The van der Waals surface area contributed by atoms with Crippen LogP contribution >= 0.6 is 0 Å². The van der Waals surface area contributed by atoms with Gasteiger partial charge in [-0.25, -0.2) is 4.79 Å². The Labute approximate surface area is 122 Å². The Kier molecular flexibility index (Phi) is 7.30. The molecule has 1 aliphatic rings. The van der Waals surface area contributed by atoms with Gasteiger partial charge < -0.3 is 20.1 Å². The van der Waals surface area contributed by atoms with Crippen LogP contribution in [-0.4, -0.2) is 55.0 Å². The van der Waals surface area contributed by atoms with Crippen molar-refractivity contribution < 1.29 is 14.6 Å². The molecule has 1 saturated heterocycles. The van der Waals surface area contributed by atoms with Gasteiger partial charge in [-0.15, -0.1) is 0 Å². The largest absolute Gasteiger partial charge is 0.453 e. The van der Waals surface area contributed by atoms with Crippen LogP contribution in [0.4, 0.5) is 4.79 Å². The molecule has 1 rings (SSSR count). The van der Waals surface area contributed by atoms with E-state index >= 15 is 0 Å². The van der Waals surface area contributed by atoms with E-state index in [1.807, 2.05) is 13.8 Å². The minimum atomic E-state index is -0.364. The fraction of sp³-hybridized carbons (Fsp3) is 0.933. The number of rotatable bonds is 6. The minimum absolute atomic E-state index is 0.118. The van der Waals surface area contributed by atoms with E-state index in [0.29, 0.717) is 5.92 Å². The summed E-state index contributed by atoms with van der Waals surface area (Å²) in [6.45, 7) is 9.17. The van der Waals surface area contributed by atoms with E-state index in [1.54, 1.807) is 0 Å². The van der Waals surface area contributed by atoms with Gasteiger partial charge in [-0.1, -0.05) is 20.8 Å². The average Bonchev–Trinajstić information content (AvgIpc) is 2.38. The maximum Gasteiger partial charge on any atom is 0.407 e. The molecule has 1 fully saturated rings. The zero-order chi connectivity index (χ0) is 15.1. The quantitative estimate of drug-likeness (QED) is 0.782. The van der Waals surface area contributed by atoms with Crippen LogP contribution in [0.25, 0.3) is 0 Å². The van der Waals surface area contributed by atoms with Crippen LogP contribution in [0.3, 0.4) is 0 Å². The van der Waals surface area contributed by atoms with Gasteiger partial charge in [-0.05, 0) is 37.6 Å². The lowest BCUT2D eigenvalue weighted by Crippen LogP contribution is -2.51. The van der Waals surface area contributed by atoms with E-state index in [0.717, 1.165) is 38.9 Å². The standard InChI is InChI=1S/C15H30N2O3/c1-5-6-17-9-12(8-14(18)11(2)3)7-13(10-17)16-15(19)20-4/h11-14,18H,5-10H2,1-4H3,(H,16,19). The van der Waals surface area contributed by atoms with Crippen molar-refractivity contribution in [2.24, 2.45) is 11.8 Å². The molecule has 0 bridgehead atoms. The lowest BCUT2D eigenvalue weighted by atomic mass is 9.86. The van der Waals surface area contributed by atoms with Gasteiger partial charge in [-0.3, -0.25) is 0 Å². The molecule has 1 amide bonds. The highest BCUT2D eigenvalue weighted by molar-refractivity contribution is 5.67. The summed E-state index contributed by atoms with van der Waals surface area (Å²) >= 11 is 0. The predicted molar refractivity (Wildman–Crippen MR) is 79.6 cm³/mol. The molecule has 0 aromatic heterocycles. The van der Waals surface area contributed by atoms with Crippen molar-refractivity contribution in [1.29, 1.82) is 0 Å². The molecule has 0 spiro atoms. The second-order valence-corrected chi connectivity index (χ2v) is 6.24. The van der Waals surface area contributed by atoms with Gasteiger partial charge in [0.2, 0.25) is 0 Å². The van der Waals surface area contributed by atoms with E-state index in [9.17, 15) is 9.90 Å². The Hall–Kier alpha value is -0.810. The first-order valence-corrected chi connectivity index (χ1v) is 7.71. The number of aliphatic hydroxyl groups excluding tert-OH is 1. The molecule has 3 unspecified atom stereocenters. The molecular formula is C15H30N2O3. The molecule has 0 aromatic rings. The summed E-state index contributed by atoms with van der Waals surface area (Å²) in [4.78, 5) is 13.8. The number of hydrogen-bond donors (Lipinski definition) is 2. The molecule has 0 aliphatic carbocycles. The van der Waals surface area contributed by atoms with Gasteiger partial charge in [-0.2, -0.15) is 0 Å². The van der Waals surface area contributed by atoms with E-state index in [-0.39, 0.29) is 24.2 Å². The van der Waals surface area contributed by atoms with Gasteiger partial charge >= 0.3 is 6.09 Å². The zero-order valence-electron chi connectivity index (χ0n) is 13.3. The number of carbonyl (C=O) groups is 1. The smallest absolute Gasteiger partial charge is 0.407 e. The monoisotopic (exact) mass is 286 g/mol. The van der Waals surface area contributed by atoms with Gasteiger partial charge in [0.25, 0.3) is 0 Å². The summed E-state index contributed by atoms with van der Waals surface area (Å²) in [5.41, 5.74) is 0. The molecular weight excluding hydrogens is 256 g/mol. The molecule has 1 aliphatic heterocycles. The Morgan fingerprint density at radius 2 is 2.15 bits per heavy atom. The first kappa shape index (κ1) is 17.2. The van der Waals surface area contributed by atoms with Gasteiger partial charge in [0.15, 0.2) is 0 Å². The van der Waals surface area contributed by atoms with Crippen molar-refractivity contribution in [3.63, 3.8) is 0 Å². The third kappa shape index (κ3) is 5.67. The minimum Gasteiger partial charge on any atom is -0.453 e. The second-order valence-electron chi connectivity index (χ2n) is 6.24. The molecule has 0 aromatic carbocycles. The molecule has 3 atom stereocenters. The number of hydrogen-bond acceptors (Lipinski definition) is 4. The highest BCUT2D eigenvalue weighted by Crippen LogP contribution is 2.24. The predicted octanol–water partition coefficient (Wildman–Crippen LogP) is 1.85. The highest BCUT2D eigenvalue weighted by Gasteiger charge is 2.29. The number of amides is 1. The summed E-state index contributed by atoms with van der Waals surface area (Å²) in [7, 11) is 1.39. The van der Waals surface area contributed by atoms with E-state index in [1.165, 1.54) is 7.11 Å². The van der Waals surface area contributed by atoms with E-state index in [4.69, 9.17) is 0 Å². The molecule has 2 N–H and O–H groups in total. The summed E-state index contributed by atoms with van der Waals surface area (Å²) in [6, 6.07) is 0.118. The number of aliphatic hydroxyl groups is 1. The SMILES string of the molecule is CCCN1CC(CC(O)C(C)C)CC(NC(=O)OC)C1. The summed E-state index contributed by atoms with van der Waals surface area (Å²) < 4.78 is 4.68. The fourth-order valence-corrected chi connectivity index (χ4v) is 2.92. The third-order valence-corrected chi connectivity index (χ3v) is 4.00. The van der Waals surface area contributed by atoms with Crippen LogP contribution in [-0.2, 0) is 4.74 Å². The molecule has 1 heterocycles. The molecule has 5 heteroatoms. The first-order valence-electron chi connectivity index (χ1n) is 7.71.